The number of quaternary nitrogens is 1. The molecule has 17 heavy (non-hydrogen) atoms. The summed E-state index contributed by atoms with van der Waals surface area (Å²) in [6.45, 7) is 3.19. The fourth-order valence-electron chi connectivity index (χ4n) is 1.11. The standard InChI is InChI=1S/C10H17ClNO5/c1-3-12(16,4-2)9(14)7-17-10(15)6-5-8(11)13/h16H,3-7H2,1-2H3/q+1. The molecule has 7 heteroatoms. The first-order valence-corrected chi connectivity index (χ1v) is 5.70. The van der Waals surface area contributed by atoms with Crippen LogP contribution < -0.4 is 0 Å². The van der Waals surface area contributed by atoms with Gasteiger partial charge >= 0.3 is 11.9 Å². The summed E-state index contributed by atoms with van der Waals surface area (Å²) in [6, 6.07) is 0. The highest BCUT2D eigenvalue weighted by atomic mass is 35.5. The fraction of sp³-hybridized carbons (Fsp3) is 0.700. The third kappa shape index (κ3) is 5.76. The van der Waals surface area contributed by atoms with Gasteiger partial charge in [-0.1, -0.05) is 0 Å². The van der Waals surface area contributed by atoms with Crippen molar-refractivity contribution in [3.05, 3.63) is 0 Å². The van der Waals surface area contributed by atoms with E-state index < -0.39 is 28.4 Å². The Morgan fingerprint density at radius 2 is 1.71 bits per heavy atom. The molecule has 1 amide bonds. The minimum atomic E-state index is -0.776. The van der Waals surface area contributed by atoms with Crippen molar-refractivity contribution >= 4 is 28.7 Å². The maximum atomic E-state index is 11.5. The summed E-state index contributed by atoms with van der Waals surface area (Å²) in [5, 5.41) is 9.11. The van der Waals surface area contributed by atoms with E-state index in [-0.39, 0.29) is 25.9 Å². The molecule has 0 fully saturated rings. The number of rotatable bonds is 7. The van der Waals surface area contributed by atoms with E-state index in [1.165, 1.54) is 0 Å². The molecule has 0 saturated carbocycles. The summed E-state index contributed by atoms with van der Waals surface area (Å²) in [5.41, 5.74) is 0. The number of carbonyl (C=O) groups excluding carboxylic acids is 3. The Bertz CT molecular complexity index is 301. The van der Waals surface area contributed by atoms with Gasteiger partial charge in [-0.15, -0.1) is 4.65 Å². The first kappa shape index (κ1) is 16.0. The maximum Gasteiger partial charge on any atom is 0.383 e. The molecule has 0 heterocycles. The zero-order valence-corrected chi connectivity index (χ0v) is 10.7. The molecule has 0 saturated heterocycles. The Kier molecular flexibility index (Phi) is 6.94. The van der Waals surface area contributed by atoms with Crippen molar-refractivity contribution in [1.29, 1.82) is 0 Å². The van der Waals surface area contributed by atoms with Gasteiger partial charge in [-0.05, 0) is 25.4 Å². The number of ether oxygens (including phenoxy) is 1. The van der Waals surface area contributed by atoms with E-state index in [4.69, 9.17) is 11.6 Å². The van der Waals surface area contributed by atoms with Crippen LogP contribution in [0.25, 0.3) is 0 Å². The van der Waals surface area contributed by atoms with Crippen molar-refractivity contribution in [2.24, 2.45) is 0 Å². The van der Waals surface area contributed by atoms with Crippen LogP contribution in [0.2, 0.25) is 0 Å². The van der Waals surface area contributed by atoms with Crippen molar-refractivity contribution in [3.63, 3.8) is 0 Å². The van der Waals surface area contributed by atoms with Crippen LogP contribution >= 0.6 is 11.6 Å². The van der Waals surface area contributed by atoms with Crippen LogP contribution in [-0.4, -0.2) is 46.7 Å². The normalized spacial score (nSPS) is 11.1. The SMILES string of the molecule is CC[N+](O)(CC)C(=O)COC(=O)CCC(=O)Cl. The molecule has 0 radical (unpaired) electrons. The minimum Gasteiger partial charge on any atom is -0.451 e. The number of esters is 1. The summed E-state index contributed by atoms with van der Waals surface area (Å²) in [5.74, 6) is -1.29. The highest BCUT2D eigenvalue weighted by Gasteiger charge is 2.32. The molecule has 1 N–H and O–H groups in total. The van der Waals surface area contributed by atoms with E-state index in [1.807, 2.05) is 0 Å². The second-order valence-corrected chi connectivity index (χ2v) is 3.89. The smallest absolute Gasteiger partial charge is 0.383 e. The molecule has 0 aliphatic heterocycles. The highest BCUT2D eigenvalue weighted by molar-refractivity contribution is 6.63. The van der Waals surface area contributed by atoms with Crippen LogP contribution in [0.5, 0.6) is 0 Å². The van der Waals surface area contributed by atoms with E-state index in [0.717, 1.165) is 0 Å². The molecule has 0 atom stereocenters. The summed E-state index contributed by atoms with van der Waals surface area (Å²) < 4.78 is 3.85. The number of hydroxylamine groups is 3. The third-order valence-electron chi connectivity index (χ3n) is 2.39. The van der Waals surface area contributed by atoms with Crippen LogP contribution in [0.3, 0.4) is 0 Å². The Labute approximate surface area is 105 Å². The second-order valence-electron chi connectivity index (χ2n) is 3.46. The number of nitrogens with zero attached hydrogens (tertiary/aromatic N) is 1. The van der Waals surface area contributed by atoms with Gasteiger partial charge in [0.25, 0.3) is 0 Å². The lowest BCUT2D eigenvalue weighted by molar-refractivity contribution is -1.04. The van der Waals surface area contributed by atoms with Crippen molar-refractivity contribution in [2.75, 3.05) is 19.7 Å². The molecular formula is C10H17ClNO5+. The predicted molar refractivity (Wildman–Crippen MR) is 59.2 cm³/mol. The van der Waals surface area contributed by atoms with Gasteiger partial charge in [-0.3, -0.25) is 9.59 Å². The third-order valence-corrected chi connectivity index (χ3v) is 2.58. The predicted octanol–water partition coefficient (Wildman–Crippen LogP) is 0.848. The van der Waals surface area contributed by atoms with E-state index >= 15 is 0 Å². The van der Waals surface area contributed by atoms with Gasteiger partial charge in [-0.25, -0.2) is 10.0 Å². The zero-order chi connectivity index (χ0) is 13.5. The fourth-order valence-corrected chi connectivity index (χ4v) is 1.21. The summed E-state index contributed by atoms with van der Waals surface area (Å²) in [6.07, 6.45) is -0.297. The van der Waals surface area contributed by atoms with Crippen LogP contribution in [0, 0.1) is 0 Å². The largest absolute Gasteiger partial charge is 0.451 e. The van der Waals surface area contributed by atoms with Gasteiger partial charge in [0.1, 0.15) is 13.1 Å². The molecule has 0 aromatic carbocycles. The topological polar surface area (TPSA) is 80.7 Å². The molecule has 0 aliphatic rings. The van der Waals surface area contributed by atoms with Gasteiger partial charge in [0.15, 0.2) is 0 Å². The van der Waals surface area contributed by atoms with Crippen LogP contribution in [-0.2, 0) is 19.1 Å². The summed E-state index contributed by atoms with van der Waals surface area (Å²) in [7, 11) is 0. The number of hydrogen-bond acceptors (Lipinski definition) is 5. The van der Waals surface area contributed by atoms with Crippen LogP contribution in [0.4, 0.5) is 0 Å². The minimum absolute atomic E-state index is 0.130. The molecule has 0 rings (SSSR count). The van der Waals surface area contributed by atoms with Gasteiger partial charge in [0, 0.05) is 6.42 Å². The molecule has 0 aromatic heterocycles. The quantitative estimate of drug-likeness (QED) is 0.243. The Morgan fingerprint density at radius 3 is 2.12 bits per heavy atom. The van der Waals surface area contributed by atoms with Crippen LogP contribution in [0.1, 0.15) is 26.7 Å². The summed E-state index contributed by atoms with van der Waals surface area (Å²) in [4.78, 5) is 33.0. The Balaban J connectivity index is 4.07. The first-order chi connectivity index (χ1) is 7.85. The average Bonchev–Trinajstić information content (AvgIpc) is 2.32. The Hall–Kier alpha value is -0.980. The zero-order valence-electron chi connectivity index (χ0n) is 9.94. The maximum absolute atomic E-state index is 11.5. The van der Waals surface area contributed by atoms with Gasteiger partial charge in [-0.2, -0.15) is 0 Å². The Morgan fingerprint density at radius 1 is 1.18 bits per heavy atom. The monoisotopic (exact) mass is 266 g/mol. The van der Waals surface area contributed by atoms with Gasteiger partial charge in [0.2, 0.25) is 11.8 Å². The first-order valence-electron chi connectivity index (χ1n) is 5.33. The number of carbonyl (C=O) groups is 3. The number of amides is 1. The number of hydrogen-bond donors (Lipinski definition) is 1. The van der Waals surface area contributed by atoms with E-state index in [2.05, 4.69) is 4.74 Å². The summed E-state index contributed by atoms with van der Waals surface area (Å²) >= 11 is 5.05. The lowest BCUT2D eigenvalue weighted by Crippen LogP contribution is -2.51. The molecule has 6 nitrogen and oxygen atoms in total. The number of likely N-dealkylation sites (N-methyl/N-ethyl adjacent to an activating group) is 1. The molecule has 0 unspecified atom stereocenters. The van der Waals surface area contributed by atoms with Crippen molar-refractivity contribution in [1.82, 2.24) is 0 Å². The molecule has 0 bridgehead atoms. The van der Waals surface area contributed by atoms with Crippen LogP contribution in [0.15, 0.2) is 0 Å². The lowest BCUT2D eigenvalue weighted by atomic mass is 10.3. The van der Waals surface area contributed by atoms with Gasteiger partial charge < -0.3 is 4.74 Å². The lowest BCUT2D eigenvalue weighted by Gasteiger charge is -2.23. The van der Waals surface area contributed by atoms with Crippen molar-refractivity contribution in [3.8, 4) is 0 Å². The number of halogens is 1. The molecule has 0 aliphatic carbocycles. The molecular weight excluding hydrogens is 250 g/mol. The molecule has 0 spiro atoms. The van der Waals surface area contributed by atoms with Crippen molar-refractivity contribution < 1.29 is 29.0 Å². The molecule has 98 valence electrons. The molecule has 0 aromatic rings. The van der Waals surface area contributed by atoms with E-state index in [1.54, 1.807) is 13.8 Å². The van der Waals surface area contributed by atoms with E-state index in [9.17, 15) is 19.6 Å². The average molecular weight is 267 g/mol. The highest BCUT2D eigenvalue weighted by Crippen LogP contribution is 2.03. The van der Waals surface area contributed by atoms with E-state index in [0.29, 0.717) is 0 Å². The van der Waals surface area contributed by atoms with Crippen molar-refractivity contribution in [2.45, 2.75) is 26.7 Å². The second kappa shape index (κ2) is 7.37. The van der Waals surface area contributed by atoms with Gasteiger partial charge in [0.05, 0.1) is 6.42 Å².